The van der Waals surface area contributed by atoms with Crippen molar-refractivity contribution >= 4 is 11.9 Å². The van der Waals surface area contributed by atoms with Gasteiger partial charge in [-0.05, 0) is 97.6 Å². The smallest absolute Gasteiger partial charge is 0.338 e. The Bertz CT molecular complexity index is 1050. The SMILES string of the molecule is C=CCOC(=O)c1ccc(COC(=O)c2ccc(OC)c(C34CC5CC(CC(C5)C3)C4)c2)cc1. The maximum absolute atomic E-state index is 12.9. The first-order chi connectivity index (χ1) is 16.5. The van der Waals surface area contributed by atoms with Crippen molar-refractivity contribution in [2.75, 3.05) is 13.7 Å². The lowest BCUT2D eigenvalue weighted by Gasteiger charge is -2.57. The van der Waals surface area contributed by atoms with Gasteiger partial charge in [0.25, 0.3) is 0 Å². The molecule has 0 spiro atoms. The number of hydrogen-bond donors (Lipinski definition) is 0. The fraction of sp³-hybridized carbons (Fsp3) is 0.448. The van der Waals surface area contributed by atoms with Gasteiger partial charge in [-0.3, -0.25) is 0 Å². The van der Waals surface area contributed by atoms with Crippen LogP contribution in [0.1, 0.15) is 70.4 Å². The van der Waals surface area contributed by atoms with Crippen LogP contribution in [-0.4, -0.2) is 25.7 Å². The Balaban J connectivity index is 1.29. The van der Waals surface area contributed by atoms with Crippen LogP contribution in [0.15, 0.2) is 55.1 Å². The van der Waals surface area contributed by atoms with Crippen molar-refractivity contribution in [1.29, 1.82) is 0 Å². The summed E-state index contributed by atoms with van der Waals surface area (Å²) >= 11 is 0. The van der Waals surface area contributed by atoms with Gasteiger partial charge in [0.2, 0.25) is 0 Å². The van der Waals surface area contributed by atoms with Crippen LogP contribution in [0.4, 0.5) is 0 Å². The highest BCUT2D eigenvalue weighted by molar-refractivity contribution is 5.90. The second kappa shape index (κ2) is 9.28. The maximum Gasteiger partial charge on any atom is 0.338 e. The molecule has 0 unspecified atom stereocenters. The number of hydrogen-bond acceptors (Lipinski definition) is 5. The summed E-state index contributed by atoms with van der Waals surface area (Å²) in [5.74, 6) is 2.56. The van der Waals surface area contributed by atoms with E-state index in [0.717, 1.165) is 29.1 Å². The predicted octanol–water partition coefficient (Wildman–Crippen LogP) is 5.86. The Morgan fingerprint density at radius 3 is 2.09 bits per heavy atom. The van der Waals surface area contributed by atoms with Crippen LogP contribution < -0.4 is 4.74 Å². The molecule has 5 heteroatoms. The van der Waals surface area contributed by atoms with Crippen molar-refractivity contribution in [2.45, 2.75) is 50.5 Å². The summed E-state index contributed by atoms with van der Waals surface area (Å²) in [6.45, 7) is 3.85. The van der Waals surface area contributed by atoms with Crippen molar-refractivity contribution in [3.05, 3.63) is 77.4 Å². The quantitative estimate of drug-likeness (QED) is 0.365. The molecule has 34 heavy (non-hydrogen) atoms. The first kappa shape index (κ1) is 22.7. The number of methoxy groups -OCH3 is 1. The second-order valence-corrected chi connectivity index (χ2v) is 10.3. The molecule has 0 heterocycles. The summed E-state index contributed by atoms with van der Waals surface area (Å²) in [5, 5.41) is 0. The molecule has 6 rings (SSSR count). The number of esters is 2. The number of benzene rings is 2. The highest BCUT2D eigenvalue weighted by atomic mass is 16.5. The Morgan fingerprint density at radius 2 is 1.50 bits per heavy atom. The molecule has 4 aliphatic carbocycles. The van der Waals surface area contributed by atoms with Crippen molar-refractivity contribution in [3.8, 4) is 5.75 Å². The van der Waals surface area contributed by atoms with Gasteiger partial charge in [0.15, 0.2) is 0 Å². The van der Waals surface area contributed by atoms with E-state index >= 15 is 0 Å². The summed E-state index contributed by atoms with van der Waals surface area (Å²) < 4.78 is 16.4. The summed E-state index contributed by atoms with van der Waals surface area (Å²) in [4.78, 5) is 24.9. The average Bonchev–Trinajstić information content (AvgIpc) is 2.85. The van der Waals surface area contributed by atoms with Crippen molar-refractivity contribution in [1.82, 2.24) is 0 Å². The monoisotopic (exact) mass is 460 g/mol. The van der Waals surface area contributed by atoms with Gasteiger partial charge in [-0.2, -0.15) is 0 Å². The van der Waals surface area contributed by atoms with E-state index in [-0.39, 0.29) is 24.6 Å². The third-order valence-corrected chi connectivity index (χ3v) is 7.94. The van der Waals surface area contributed by atoms with Gasteiger partial charge >= 0.3 is 11.9 Å². The van der Waals surface area contributed by atoms with E-state index in [1.54, 1.807) is 37.4 Å². The summed E-state index contributed by atoms with van der Waals surface area (Å²) in [7, 11) is 1.72. The standard InChI is InChI=1S/C29H32O5/c1-3-10-33-27(30)23-6-4-19(5-7-23)18-34-28(31)24-8-9-26(32-2)25(14-24)29-15-20-11-21(16-29)13-22(12-20)17-29/h3-9,14,20-22H,1,10-13,15-18H2,2H3. The second-order valence-electron chi connectivity index (χ2n) is 10.3. The van der Waals surface area contributed by atoms with E-state index in [2.05, 4.69) is 6.58 Å². The largest absolute Gasteiger partial charge is 0.496 e. The summed E-state index contributed by atoms with van der Waals surface area (Å²) in [5.41, 5.74) is 3.14. The van der Waals surface area contributed by atoms with Crippen molar-refractivity contribution < 1.29 is 23.8 Å². The molecule has 4 saturated carbocycles. The zero-order valence-corrected chi connectivity index (χ0v) is 19.8. The first-order valence-electron chi connectivity index (χ1n) is 12.2. The first-order valence-corrected chi connectivity index (χ1v) is 12.2. The minimum Gasteiger partial charge on any atom is -0.496 e. The number of ether oxygens (including phenoxy) is 3. The molecule has 0 aromatic heterocycles. The van der Waals surface area contributed by atoms with Gasteiger partial charge in [-0.1, -0.05) is 24.8 Å². The van der Waals surface area contributed by atoms with E-state index < -0.39 is 5.97 Å². The Morgan fingerprint density at radius 1 is 0.912 bits per heavy atom. The van der Waals surface area contributed by atoms with E-state index in [0.29, 0.717) is 11.1 Å². The molecular formula is C29H32O5. The van der Waals surface area contributed by atoms with Crippen molar-refractivity contribution in [2.24, 2.45) is 17.8 Å². The van der Waals surface area contributed by atoms with Gasteiger partial charge in [0, 0.05) is 5.56 Å². The molecule has 5 nitrogen and oxygen atoms in total. The lowest BCUT2D eigenvalue weighted by molar-refractivity contribution is -0.00620. The lowest BCUT2D eigenvalue weighted by atomic mass is 9.48. The molecule has 2 aromatic rings. The molecule has 178 valence electrons. The average molecular weight is 461 g/mol. The number of rotatable bonds is 8. The van der Waals surface area contributed by atoms with Crippen LogP contribution in [0.5, 0.6) is 5.75 Å². The highest BCUT2D eigenvalue weighted by Crippen LogP contribution is 2.61. The zero-order chi connectivity index (χ0) is 23.7. The molecule has 4 fully saturated rings. The molecule has 0 aliphatic heterocycles. The summed E-state index contributed by atoms with van der Waals surface area (Å²) in [6, 6.07) is 12.6. The summed E-state index contributed by atoms with van der Waals surface area (Å²) in [6.07, 6.45) is 9.25. The molecule has 0 saturated heterocycles. The minimum atomic E-state index is -0.404. The number of carbonyl (C=O) groups is 2. The molecule has 4 aliphatic rings. The minimum absolute atomic E-state index is 0.131. The number of carbonyl (C=O) groups excluding carboxylic acids is 2. The molecule has 0 amide bonds. The van der Waals surface area contributed by atoms with Gasteiger partial charge in [-0.25, -0.2) is 9.59 Å². The molecule has 0 N–H and O–H groups in total. The van der Waals surface area contributed by atoms with Gasteiger partial charge in [0.1, 0.15) is 19.0 Å². The predicted molar refractivity (Wildman–Crippen MR) is 129 cm³/mol. The fourth-order valence-electron chi connectivity index (χ4n) is 6.88. The van der Waals surface area contributed by atoms with E-state index in [9.17, 15) is 9.59 Å². The molecule has 2 aromatic carbocycles. The molecule has 0 atom stereocenters. The van der Waals surface area contributed by atoms with Crippen LogP contribution in [0.2, 0.25) is 0 Å². The van der Waals surface area contributed by atoms with Crippen LogP contribution in [0.25, 0.3) is 0 Å². The Hall–Kier alpha value is -3.08. The maximum atomic E-state index is 12.9. The van der Waals surface area contributed by atoms with Crippen LogP contribution >= 0.6 is 0 Å². The van der Waals surface area contributed by atoms with Gasteiger partial charge < -0.3 is 14.2 Å². The topological polar surface area (TPSA) is 61.8 Å². The third-order valence-electron chi connectivity index (χ3n) is 7.94. The normalized spacial score (nSPS) is 26.7. The Labute approximate surface area is 201 Å². The van der Waals surface area contributed by atoms with E-state index in [4.69, 9.17) is 14.2 Å². The van der Waals surface area contributed by atoms with Crippen LogP contribution in [-0.2, 0) is 21.5 Å². The van der Waals surface area contributed by atoms with Crippen LogP contribution in [0.3, 0.4) is 0 Å². The van der Waals surface area contributed by atoms with Crippen LogP contribution in [0, 0.1) is 17.8 Å². The zero-order valence-electron chi connectivity index (χ0n) is 19.8. The van der Waals surface area contributed by atoms with E-state index in [1.165, 1.54) is 50.2 Å². The highest BCUT2D eigenvalue weighted by Gasteiger charge is 2.52. The van der Waals surface area contributed by atoms with E-state index in [1.807, 2.05) is 12.1 Å². The van der Waals surface area contributed by atoms with Gasteiger partial charge in [0.05, 0.1) is 18.2 Å². The fourth-order valence-corrected chi connectivity index (χ4v) is 6.88. The molecule has 4 bridgehead atoms. The third kappa shape index (κ3) is 4.36. The van der Waals surface area contributed by atoms with Gasteiger partial charge in [-0.15, -0.1) is 0 Å². The van der Waals surface area contributed by atoms with Crippen molar-refractivity contribution in [3.63, 3.8) is 0 Å². The lowest BCUT2D eigenvalue weighted by Crippen LogP contribution is -2.48. The molecule has 0 radical (unpaired) electrons. The Kier molecular flexibility index (Phi) is 6.20. The molecular weight excluding hydrogens is 428 g/mol.